The highest BCUT2D eigenvalue weighted by Gasteiger charge is 2.79. The number of benzene rings is 1. The van der Waals surface area contributed by atoms with Crippen LogP contribution in [0.2, 0.25) is 0 Å². The maximum Gasteiger partial charge on any atom is 0.338 e. The molecule has 0 aromatic heterocycles. The summed E-state index contributed by atoms with van der Waals surface area (Å²) >= 11 is 0. The van der Waals surface area contributed by atoms with Crippen LogP contribution in [0.15, 0.2) is 30.3 Å². The summed E-state index contributed by atoms with van der Waals surface area (Å²) in [4.78, 5) is 50.3. The smallest absolute Gasteiger partial charge is 0.338 e. The number of hydrogen-bond donors (Lipinski definition) is 0. The van der Waals surface area contributed by atoms with Gasteiger partial charge in [0.15, 0.2) is 6.10 Å². The van der Waals surface area contributed by atoms with Crippen LogP contribution in [-0.4, -0.2) is 60.0 Å². The molecule has 7 atom stereocenters. The molecule has 1 saturated heterocycles. The third kappa shape index (κ3) is 4.51. The molecule has 0 unspecified atom stereocenters. The van der Waals surface area contributed by atoms with Gasteiger partial charge in [0.25, 0.3) is 0 Å². The Kier molecular flexibility index (Phi) is 7.14. The molecular formula is C28H36O9. The average molecular weight is 517 g/mol. The second-order valence-corrected chi connectivity index (χ2v) is 11.1. The van der Waals surface area contributed by atoms with E-state index in [-0.39, 0.29) is 18.4 Å². The number of esters is 4. The summed E-state index contributed by atoms with van der Waals surface area (Å²) in [5, 5.41) is 0. The van der Waals surface area contributed by atoms with Gasteiger partial charge < -0.3 is 23.7 Å². The highest BCUT2D eigenvalue weighted by Crippen LogP contribution is 2.67. The Labute approximate surface area is 217 Å². The first-order valence-electron chi connectivity index (χ1n) is 12.8. The lowest BCUT2D eigenvalue weighted by Crippen LogP contribution is -2.74. The maximum absolute atomic E-state index is 13.5. The second kappa shape index (κ2) is 9.74. The number of rotatable bonds is 6. The fraction of sp³-hybridized carbons (Fsp3) is 0.643. The van der Waals surface area contributed by atoms with E-state index in [1.165, 1.54) is 20.8 Å². The molecule has 0 N–H and O–H groups in total. The lowest BCUT2D eigenvalue weighted by atomic mass is 9.49. The summed E-state index contributed by atoms with van der Waals surface area (Å²) in [7, 11) is 0. The fourth-order valence-corrected chi connectivity index (χ4v) is 6.96. The van der Waals surface area contributed by atoms with Crippen LogP contribution < -0.4 is 0 Å². The van der Waals surface area contributed by atoms with Gasteiger partial charge in [-0.3, -0.25) is 14.4 Å². The minimum absolute atomic E-state index is 0.0599. The van der Waals surface area contributed by atoms with Crippen molar-refractivity contribution in [1.82, 2.24) is 0 Å². The van der Waals surface area contributed by atoms with E-state index in [1.807, 2.05) is 20.8 Å². The van der Waals surface area contributed by atoms with Crippen LogP contribution in [0.25, 0.3) is 0 Å². The van der Waals surface area contributed by atoms with Crippen molar-refractivity contribution in [2.45, 2.75) is 90.3 Å². The molecule has 1 aromatic rings. The van der Waals surface area contributed by atoms with Gasteiger partial charge in [0.2, 0.25) is 0 Å². The third-order valence-corrected chi connectivity index (χ3v) is 8.45. The summed E-state index contributed by atoms with van der Waals surface area (Å²) in [5.41, 5.74) is -2.77. The predicted molar refractivity (Wildman–Crippen MR) is 130 cm³/mol. The molecule has 1 aliphatic heterocycles. The lowest BCUT2D eigenvalue weighted by Gasteiger charge is -2.61. The largest absolute Gasteiger partial charge is 0.465 e. The lowest BCUT2D eigenvalue weighted by molar-refractivity contribution is -0.288. The molecule has 9 nitrogen and oxygen atoms in total. The zero-order chi connectivity index (χ0) is 27.2. The number of carbonyl (C=O) groups is 4. The van der Waals surface area contributed by atoms with Crippen molar-refractivity contribution in [1.29, 1.82) is 0 Å². The molecule has 3 aliphatic rings. The molecule has 0 amide bonds. The van der Waals surface area contributed by atoms with Crippen molar-refractivity contribution >= 4 is 23.9 Å². The Morgan fingerprint density at radius 3 is 2.16 bits per heavy atom. The first-order chi connectivity index (χ1) is 17.3. The zero-order valence-corrected chi connectivity index (χ0v) is 22.3. The Balaban J connectivity index is 1.95. The van der Waals surface area contributed by atoms with Crippen LogP contribution in [0.3, 0.4) is 0 Å². The minimum Gasteiger partial charge on any atom is -0.465 e. The highest BCUT2D eigenvalue weighted by atomic mass is 16.6. The van der Waals surface area contributed by atoms with Crippen molar-refractivity contribution < 1.29 is 42.9 Å². The van der Waals surface area contributed by atoms with Crippen molar-refractivity contribution in [3.63, 3.8) is 0 Å². The van der Waals surface area contributed by atoms with E-state index in [0.29, 0.717) is 24.8 Å². The average Bonchev–Trinajstić information content (AvgIpc) is 3.08. The van der Waals surface area contributed by atoms with E-state index < -0.39 is 58.8 Å². The van der Waals surface area contributed by atoms with Crippen LogP contribution in [0.1, 0.15) is 71.2 Å². The van der Waals surface area contributed by atoms with Gasteiger partial charge in [0.1, 0.15) is 24.2 Å². The highest BCUT2D eigenvalue weighted by molar-refractivity contribution is 5.89. The van der Waals surface area contributed by atoms with Gasteiger partial charge in [0, 0.05) is 26.7 Å². The molecule has 3 fully saturated rings. The second-order valence-electron chi connectivity index (χ2n) is 11.1. The van der Waals surface area contributed by atoms with Gasteiger partial charge in [-0.25, -0.2) is 4.79 Å². The van der Waals surface area contributed by atoms with Crippen LogP contribution in [-0.2, 0) is 38.1 Å². The molecule has 0 radical (unpaired) electrons. The number of carbonyl (C=O) groups excluding carboxylic acids is 4. The van der Waals surface area contributed by atoms with Gasteiger partial charge in [-0.05, 0) is 51.2 Å². The van der Waals surface area contributed by atoms with Gasteiger partial charge in [-0.15, -0.1) is 0 Å². The Morgan fingerprint density at radius 1 is 0.919 bits per heavy atom. The Bertz CT molecular complexity index is 1070. The van der Waals surface area contributed by atoms with Crippen LogP contribution in [0.5, 0.6) is 0 Å². The fourth-order valence-electron chi connectivity index (χ4n) is 6.96. The van der Waals surface area contributed by atoms with E-state index in [1.54, 1.807) is 30.3 Å². The molecule has 1 spiro atoms. The minimum atomic E-state index is -1.32. The predicted octanol–water partition coefficient (Wildman–Crippen LogP) is 3.62. The Morgan fingerprint density at radius 2 is 1.57 bits per heavy atom. The number of ether oxygens (including phenoxy) is 5. The molecule has 37 heavy (non-hydrogen) atoms. The molecular weight excluding hydrogens is 480 g/mol. The molecule has 2 bridgehead atoms. The number of hydrogen-bond acceptors (Lipinski definition) is 9. The first-order valence-corrected chi connectivity index (χ1v) is 12.8. The summed E-state index contributed by atoms with van der Waals surface area (Å²) in [5.74, 6) is -2.62. The standard InChI is InChI=1S/C28H36O9/c1-16-12-13-22(34-18(3)30)27(15-33-17(2)29)24(36-25(32)20-10-8-7-9-11-20)23(35-19(4)31)21-14-28(16,27)37-26(21,5)6/h7-11,16,21-24H,12-15H2,1-6H3/t16-,21+,22-,23-,24+,27-,28+/m1/s1. The molecule has 1 heterocycles. The van der Waals surface area contributed by atoms with Gasteiger partial charge >= 0.3 is 23.9 Å². The van der Waals surface area contributed by atoms with Crippen molar-refractivity contribution in [3.8, 4) is 0 Å². The molecule has 2 saturated carbocycles. The van der Waals surface area contributed by atoms with Gasteiger partial charge in [-0.2, -0.15) is 0 Å². The summed E-state index contributed by atoms with van der Waals surface area (Å²) in [6.07, 6.45) is -1.28. The summed E-state index contributed by atoms with van der Waals surface area (Å²) < 4.78 is 30.6. The first kappa shape index (κ1) is 27.1. The maximum atomic E-state index is 13.5. The normalized spacial score (nSPS) is 35.6. The summed E-state index contributed by atoms with van der Waals surface area (Å²) in [6, 6.07) is 8.48. The van der Waals surface area contributed by atoms with E-state index in [2.05, 4.69) is 0 Å². The van der Waals surface area contributed by atoms with Crippen LogP contribution in [0, 0.1) is 17.3 Å². The van der Waals surface area contributed by atoms with Gasteiger partial charge in [-0.1, -0.05) is 25.1 Å². The number of fused-ring (bicyclic) bond motifs is 1. The van der Waals surface area contributed by atoms with E-state index in [9.17, 15) is 19.2 Å². The topological polar surface area (TPSA) is 114 Å². The summed E-state index contributed by atoms with van der Waals surface area (Å²) in [6.45, 7) is 9.55. The monoisotopic (exact) mass is 516 g/mol. The van der Waals surface area contributed by atoms with Gasteiger partial charge in [0.05, 0.1) is 16.8 Å². The molecule has 202 valence electrons. The van der Waals surface area contributed by atoms with Crippen LogP contribution >= 0.6 is 0 Å². The van der Waals surface area contributed by atoms with Crippen molar-refractivity contribution in [2.24, 2.45) is 17.3 Å². The molecule has 1 aromatic carbocycles. The van der Waals surface area contributed by atoms with E-state index in [0.717, 1.165) is 0 Å². The SMILES string of the molecule is CC(=O)OC[C@]12[C@H](OC(C)=O)CC[C@@H](C)[C@@]13C[C@@H]([C@@H](OC(C)=O)[C@@H]2OC(=O)c1ccccc1)C(C)(C)O3. The zero-order valence-electron chi connectivity index (χ0n) is 22.3. The van der Waals surface area contributed by atoms with Crippen molar-refractivity contribution in [2.75, 3.05) is 6.61 Å². The third-order valence-electron chi connectivity index (χ3n) is 8.45. The van der Waals surface area contributed by atoms with Crippen molar-refractivity contribution in [3.05, 3.63) is 35.9 Å². The molecule has 9 heteroatoms. The van der Waals surface area contributed by atoms with Crippen LogP contribution in [0.4, 0.5) is 0 Å². The van der Waals surface area contributed by atoms with E-state index in [4.69, 9.17) is 23.7 Å². The van der Waals surface area contributed by atoms with E-state index >= 15 is 0 Å². The molecule has 4 rings (SSSR count). The molecule has 2 aliphatic carbocycles. The Hall–Kier alpha value is -2.94. The quantitative estimate of drug-likeness (QED) is 0.413.